The number of para-hydroxylation sites is 2. The Morgan fingerprint density at radius 3 is 1.60 bits per heavy atom. The number of fused-ring (bicyclic) bond motifs is 15. The van der Waals surface area contributed by atoms with Crippen LogP contribution in [-0.4, -0.2) is 9.97 Å². The van der Waals surface area contributed by atoms with Gasteiger partial charge < -0.3 is 18.8 Å². The van der Waals surface area contributed by atoms with E-state index >= 15 is 0 Å². The molecule has 2 N–H and O–H groups in total. The van der Waals surface area contributed by atoms with Gasteiger partial charge in [0.15, 0.2) is 11.2 Å². The normalized spacial score (nSPS) is 12.4. The Labute approximate surface area is 284 Å². The van der Waals surface area contributed by atoms with Crippen molar-refractivity contribution < 1.29 is 8.83 Å². The molecule has 12 aromatic rings. The molecule has 4 aromatic heterocycles. The number of benzene rings is 8. The lowest BCUT2D eigenvalue weighted by atomic mass is 9.96. The molecule has 0 fully saturated rings. The highest BCUT2D eigenvalue weighted by Gasteiger charge is 2.17. The number of hydrogen-bond acceptors (Lipinski definition) is 2. The molecule has 4 heterocycles. The van der Waals surface area contributed by atoms with Crippen LogP contribution in [0.3, 0.4) is 0 Å². The molecule has 0 saturated heterocycles. The van der Waals surface area contributed by atoms with Gasteiger partial charge in [0.1, 0.15) is 11.2 Å². The highest BCUT2D eigenvalue weighted by molar-refractivity contribution is 6.22. The predicted octanol–water partition coefficient (Wildman–Crippen LogP) is 13.2. The number of aromatic amines is 2. The molecule has 0 bridgehead atoms. The SMILES string of the molecule is c1ccc2c(c1)[nH]c1c2ccc2c3cc(-c4ccc5ccc(-c6ccc7oc8c(ccc9c%10ccccc%10oc98)c7c6)cc5c4)ccc3[nH]c21. The molecule has 50 heavy (non-hydrogen) atoms. The third-order valence-electron chi connectivity index (χ3n) is 10.7. The molecule has 0 aliphatic carbocycles. The minimum Gasteiger partial charge on any atom is -0.452 e. The van der Waals surface area contributed by atoms with Crippen LogP contribution in [0.5, 0.6) is 0 Å². The van der Waals surface area contributed by atoms with Crippen LogP contribution >= 0.6 is 0 Å². The van der Waals surface area contributed by atoms with Gasteiger partial charge in [0.25, 0.3) is 0 Å². The lowest BCUT2D eigenvalue weighted by molar-refractivity contribution is 0.633. The van der Waals surface area contributed by atoms with E-state index in [9.17, 15) is 0 Å². The first-order valence-electron chi connectivity index (χ1n) is 17.0. The standard InChI is InChI=1S/C46H26N2O2/c1-3-7-39-31(5-1)33-15-16-34-37-23-28(13-19-40(37)48-44(34)43(33)47-39)26-11-9-25-10-12-27(22-30(25)21-26)29-14-20-42-38(24-29)36-18-17-35-32-6-2-4-8-41(32)49-45(35)46(36)50-42/h1-24,47-48H. The average molecular weight is 639 g/mol. The Kier molecular flexibility index (Phi) is 4.94. The van der Waals surface area contributed by atoms with Gasteiger partial charge in [-0.2, -0.15) is 0 Å². The molecule has 0 atom stereocenters. The summed E-state index contributed by atoms with van der Waals surface area (Å²) < 4.78 is 12.7. The van der Waals surface area contributed by atoms with Crippen molar-refractivity contribution >= 4 is 98.3 Å². The van der Waals surface area contributed by atoms with E-state index in [4.69, 9.17) is 8.83 Å². The monoisotopic (exact) mass is 638 g/mol. The summed E-state index contributed by atoms with van der Waals surface area (Å²) in [5.41, 5.74) is 12.7. The molecule has 0 spiro atoms. The average Bonchev–Trinajstić information content (AvgIpc) is 3.93. The van der Waals surface area contributed by atoms with E-state index in [0.29, 0.717) is 0 Å². The molecule has 0 aliphatic rings. The van der Waals surface area contributed by atoms with E-state index < -0.39 is 0 Å². The summed E-state index contributed by atoms with van der Waals surface area (Å²) in [4.78, 5) is 7.36. The third kappa shape index (κ3) is 3.54. The molecular weight excluding hydrogens is 613 g/mol. The number of nitrogens with one attached hydrogen (secondary N) is 2. The van der Waals surface area contributed by atoms with Gasteiger partial charge in [-0.3, -0.25) is 0 Å². The quantitative estimate of drug-likeness (QED) is 0.198. The molecule has 4 nitrogen and oxygen atoms in total. The van der Waals surface area contributed by atoms with Crippen molar-refractivity contribution in [3.8, 4) is 22.3 Å². The van der Waals surface area contributed by atoms with E-state index in [2.05, 4.69) is 137 Å². The fraction of sp³-hybridized carbons (Fsp3) is 0. The van der Waals surface area contributed by atoms with Gasteiger partial charge in [0.2, 0.25) is 0 Å². The van der Waals surface area contributed by atoms with Crippen LogP contribution in [0.4, 0.5) is 0 Å². The van der Waals surface area contributed by atoms with Crippen LogP contribution in [0.15, 0.2) is 154 Å². The van der Waals surface area contributed by atoms with Gasteiger partial charge in [0, 0.05) is 54.1 Å². The van der Waals surface area contributed by atoms with Crippen LogP contribution in [0.25, 0.3) is 121 Å². The van der Waals surface area contributed by atoms with Crippen molar-refractivity contribution in [2.24, 2.45) is 0 Å². The van der Waals surface area contributed by atoms with Crippen molar-refractivity contribution in [2.75, 3.05) is 0 Å². The molecular formula is C46H26N2O2. The summed E-state index contributed by atoms with van der Waals surface area (Å²) in [6.45, 7) is 0. The molecule has 12 rings (SSSR count). The maximum absolute atomic E-state index is 6.41. The lowest BCUT2D eigenvalue weighted by Gasteiger charge is -2.08. The molecule has 232 valence electrons. The van der Waals surface area contributed by atoms with Crippen molar-refractivity contribution in [3.63, 3.8) is 0 Å². The fourth-order valence-electron chi connectivity index (χ4n) is 8.27. The van der Waals surface area contributed by atoms with Gasteiger partial charge >= 0.3 is 0 Å². The first-order chi connectivity index (χ1) is 24.7. The Morgan fingerprint density at radius 1 is 0.320 bits per heavy atom. The van der Waals surface area contributed by atoms with Gasteiger partial charge in [-0.05, 0) is 93.7 Å². The van der Waals surface area contributed by atoms with Gasteiger partial charge in [-0.1, -0.05) is 84.9 Å². The van der Waals surface area contributed by atoms with E-state index in [0.717, 1.165) is 71.5 Å². The third-order valence-corrected chi connectivity index (χ3v) is 10.7. The number of rotatable bonds is 2. The van der Waals surface area contributed by atoms with Gasteiger partial charge in [-0.25, -0.2) is 0 Å². The van der Waals surface area contributed by atoms with E-state index in [1.165, 1.54) is 49.0 Å². The Balaban J connectivity index is 0.963. The molecule has 4 heteroatoms. The van der Waals surface area contributed by atoms with Crippen molar-refractivity contribution in [1.82, 2.24) is 9.97 Å². The summed E-state index contributed by atoms with van der Waals surface area (Å²) in [6.07, 6.45) is 0. The summed E-state index contributed by atoms with van der Waals surface area (Å²) in [6, 6.07) is 52.2. The molecule has 0 aliphatic heterocycles. The topological polar surface area (TPSA) is 57.9 Å². The van der Waals surface area contributed by atoms with Crippen LogP contribution in [0, 0.1) is 0 Å². The second-order valence-electron chi connectivity index (χ2n) is 13.5. The fourth-order valence-corrected chi connectivity index (χ4v) is 8.27. The van der Waals surface area contributed by atoms with Crippen LogP contribution < -0.4 is 0 Å². The first-order valence-corrected chi connectivity index (χ1v) is 17.0. The minimum absolute atomic E-state index is 0.798. The number of furan rings is 2. The highest BCUT2D eigenvalue weighted by Crippen LogP contribution is 2.41. The molecule has 0 radical (unpaired) electrons. The van der Waals surface area contributed by atoms with Gasteiger partial charge in [0.05, 0.1) is 11.0 Å². The van der Waals surface area contributed by atoms with Crippen molar-refractivity contribution in [1.29, 1.82) is 0 Å². The Morgan fingerprint density at radius 2 is 0.840 bits per heavy atom. The largest absolute Gasteiger partial charge is 0.452 e. The summed E-state index contributed by atoms with van der Waals surface area (Å²) in [5, 5.41) is 11.7. The van der Waals surface area contributed by atoms with Crippen LogP contribution in [0.1, 0.15) is 0 Å². The smallest absolute Gasteiger partial charge is 0.178 e. The Bertz CT molecular complexity index is 3160. The molecule has 0 unspecified atom stereocenters. The Hall–Kier alpha value is -6.78. The lowest BCUT2D eigenvalue weighted by Crippen LogP contribution is -1.82. The minimum atomic E-state index is 0.798. The highest BCUT2D eigenvalue weighted by atomic mass is 16.4. The summed E-state index contributed by atoms with van der Waals surface area (Å²) in [7, 11) is 0. The van der Waals surface area contributed by atoms with Crippen molar-refractivity contribution in [3.05, 3.63) is 146 Å². The van der Waals surface area contributed by atoms with E-state index in [1.54, 1.807) is 0 Å². The molecule has 8 aromatic carbocycles. The zero-order valence-corrected chi connectivity index (χ0v) is 26.7. The molecule has 0 saturated carbocycles. The first kappa shape index (κ1) is 26.2. The van der Waals surface area contributed by atoms with Crippen LogP contribution in [0.2, 0.25) is 0 Å². The number of aromatic nitrogens is 2. The predicted molar refractivity (Wildman–Crippen MR) is 208 cm³/mol. The van der Waals surface area contributed by atoms with E-state index in [-0.39, 0.29) is 0 Å². The van der Waals surface area contributed by atoms with Crippen LogP contribution in [-0.2, 0) is 0 Å². The summed E-state index contributed by atoms with van der Waals surface area (Å²) >= 11 is 0. The number of H-pyrrole nitrogens is 2. The second-order valence-corrected chi connectivity index (χ2v) is 13.5. The van der Waals surface area contributed by atoms with E-state index in [1.807, 2.05) is 18.2 Å². The maximum Gasteiger partial charge on any atom is 0.178 e. The second kappa shape index (κ2) is 9.43. The van der Waals surface area contributed by atoms with Crippen molar-refractivity contribution in [2.45, 2.75) is 0 Å². The zero-order chi connectivity index (χ0) is 32.5. The molecule has 0 amide bonds. The number of hydrogen-bond donors (Lipinski definition) is 2. The van der Waals surface area contributed by atoms with Gasteiger partial charge in [-0.15, -0.1) is 0 Å². The summed E-state index contributed by atoms with van der Waals surface area (Å²) in [5.74, 6) is 0. The zero-order valence-electron chi connectivity index (χ0n) is 26.7. The maximum atomic E-state index is 6.41.